The fourth-order valence-electron chi connectivity index (χ4n) is 3.11. The molecule has 0 radical (unpaired) electrons. The van der Waals surface area contributed by atoms with Gasteiger partial charge in [0.1, 0.15) is 11.5 Å². The number of para-hydroxylation sites is 1. The zero-order chi connectivity index (χ0) is 18.9. The third-order valence-corrected chi connectivity index (χ3v) is 4.58. The molecule has 8 heteroatoms. The second kappa shape index (κ2) is 6.70. The topological polar surface area (TPSA) is 101 Å². The van der Waals surface area contributed by atoms with E-state index in [2.05, 4.69) is 10.4 Å². The second-order valence-electron chi connectivity index (χ2n) is 6.52. The summed E-state index contributed by atoms with van der Waals surface area (Å²) in [5.74, 6) is -2.31. The van der Waals surface area contributed by atoms with E-state index in [9.17, 15) is 18.8 Å². The van der Waals surface area contributed by atoms with Gasteiger partial charge in [-0.2, -0.15) is 5.10 Å². The number of carboxylic acids is 1. The molecule has 1 aromatic carbocycles. The number of halogens is 1. The molecule has 1 saturated carbocycles. The van der Waals surface area contributed by atoms with Gasteiger partial charge >= 0.3 is 5.97 Å². The fraction of sp³-hybridized carbons (Fsp3) is 0.333. The van der Waals surface area contributed by atoms with Crippen molar-refractivity contribution >= 4 is 11.9 Å². The van der Waals surface area contributed by atoms with Gasteiger partial charge in [-0.3, -0.25) is 14.4 Å². The van der Waals surface area contributed by atoms with E-state index in [1.807, 2.05) is 0 Å². The summed E-state index contributed by atoms with van der Waals surface area (Å²) >= 11 is 0. The number of carbonyl (C=O) groups is 2. The first-order valence-corrected chi connectivity index (χ1v) is 8.21. The number of amides is 1. The highest BCUT2D eigenvalue weighted by molar-refractivity contribution is 5.93. The molecule has 0 aliphatic heterocycles. The lowest BCUT2D eigenvalue weighted by Gasteiger charge is -2.41. The summed E-state index contributed by atoms with van der Waals surface area (Å²) in [5.41, 5.74) is -1.36. The Morgan fingerprint density at radius 1 is 1.35 bits per heavy atom. The number of nitrogens with one attached hydrogen (secondary N) is 1. The van der Waals surface area contributed by atoms with Crippen LogP contribution in [0.2, 0.25) is 0 Å². The highest BCUT2D eigenvalue weighted by Gasteiger charge is 2.41. The quantitative estimate of drug-likeness (QED) is 0.848. The van der Waals surface area contributed by atoms with Crippen LogP contribution in [0, 0.1) is 12.7 Å². The van der Waals surface area contributed by atoms with E-state index < -0.39 is 34.4 Å². The Morgan fingerprint density at radius 3 is 2.62 bits per heavy atom. The first kappa shape index (κ1) is 17.8. The van der Waals surface area contributed by atoms with Crippen LogP contribution in [0.4, 0.5) is 4.39 Å². The predicted molar refractivity (Wildman–Crippen MR) is 90.8 cm³/mol. The Labute approximate surface area is 148 Å². The van der Waals surface area contributed by atoms with Crippen LogP contribution < -0.4 is 10.7 Å². The van der Waals surface area contributed by atoms with E-state index in [1.165, 1.54) is 28.9 Å². The zero-order valence-corrected chi connectivity index (χ0v) is 14.2. The molecular weight excluding hydrogens is 341 g/mol. The fourth-order valence-corrected chi connectivity index (χ4v) is 3.11. The average Bonchev–Trinajstić information content (AvgIpc) is 2.53. The van der Waals surface area contributed by atoms with Gasteiger partial charge in [-0.15, -0.1) is 0 Å². The Kier molecular flexibility index (Phi) is 4.58. The number of carboxylic acid groups (broad SMARTS) is 1. The standard InChI is InChI=1S/C18H18FN3O4/c1-11-9-14(23)16(21-22(11)13-6-3-2-5-12(13)19)17(26)20-18(7-4-8-18)10-15(24)25/h2-3,5-6,9H,4,7-8,10H2,1H3,(H,20,26)(H,24,25). The van der Waals surface area contributed by atoms with Crippen LogP contribution in [0.1, 0.15) is 41.9 Å². The number of nitrogens with zero attached hydrogens (tertiary/aromatic N) is 2. The molecule has 1 aromatic heterocycles. The minimum absolute atomic E-state index is 0.114. The molecule has 0 saturated heterocycles. The van der Waals surface area contributed by atoms with Gasteiger partial charge in [0, 0.05) is 11.8 Å². The molecule has 2 N–H and O–H groups in total. The molecule has 2 aromatic rings. The molecule has 1 aliphatic carbocycles. The number of hydrogen-bond donors (Lipinski definition) is 2. The Bertz CT molecular complexity index is 934. The Morgan fingerprint density at radius 2 is 2.04 bits per heavy atom. The molecular formula is C18H18FN3O4. The van der Waals surface area contributed by atoms with Crippen molar-refractivity contribution in [3.63, 3.8) is 0 Å². The molecule has 0 spiro atoms. The highest BCUT2D eigenvalue weighted by Crippen LogP contribution is 2.35. The van der Waals surface area contributed by atoms with Crippen LogP contribution >= 0.6 is 0 Å². The van der Waals surface area contributed by atoms with Crippen LogP contribution in [0.3, 0.4) is 0 Å². The van der Waals surface area contributed by atoms with Crippen molar-refractivity contribution in [3.8, 4) is 5.69 Å². The average molecular weight is 359 g/mol. The number of aliphatic carboxylic acids is 1. The Hall–Kier alpha value is -3.03. The first-order chi connectivity index (χ1) is 12.3. The van der Waals surface area contributed by atoms with Crippen molar-refractivity contribution in [2.24, 2.45) is 0 Å². The highest BCUT2D eigenvalue weighted by atomic mass is 19.1. The maximum Gasteiger partial charge on any atom is 0.305 e. The summed E-state index contributed by atoms with van der Waals surface area (Å²) < 4.78 is 15.3. The lowest BCUT2D eigenvalue weighted by molar-refractivity contribution is -0.139. The van der Waals surface area contributed by atoms with Gasteiger partial charge in [-0.1, -0.05) is 12.1 Å². The van der Waals surface area contributed by atoms with E-state index in [0.29, 0.717) is 18.5 Å². The molecule has 0 atom stereocenters. The number of aryl methyl sites for hydroxylation is 1. The van der Waals surface area contributed by atoms with Crippen LogP contribution in [0.15, 0.2) is 35.1 Å². The van der Waals surface area contributed by atoms with E-state index >= 15 is 0 Å². The SMILES string of the molecule is Cc1cc(=O)c(C(=O)NC2(CC(=O)O)CCC2)nn1-c1ccccc1F. The molecule has 3 rings (SSSR count). The van der Waals surface area contributed by atoms with Crippen molar-refractivity contribution in [2.45, 2.75) is 38.1 Å². The van der Waals surface area contributed by atoms with Crippen molar-refractivity contribution < 1.29 is 19.1 Å². The largest absolute Gasteiger partial charge is 0.481 e. The summed E-state index contributed by atoms with van der Waals surface area (Å²) in [7, 11) is 0. The van der Waals surface area contributed by atoms with Gasteiger partial charge in [0.05, 0.1) is 12.0 Å². The first-order valence-electron chi connectivity index (χ1n) is 8.21. The number of rotatable bonds is 5. The number of carbonyl (C=O) groups excluding carboxylic acids is 1. The van der Waals surface area contributed by atoms with Crippen LogP contribution in [-0.2, 0) is 4.79 Å². The molecule has 0 bridgehead atoms. The lowest BCUT2D eigenvalue weighted by Crippen LogP contribution is -2.55. The smallest absolute Gasteiger partial charge is 0.305 e. The molecule has 1 heterocycles. The molecule has 136 valence electrons. The van der Waals surface area contributed by atoms with Crippen molar-refractivity contribution in [2.75, 3.05) is 0 Å². The number of benzene rings is 1. The molecule has 26 heavy (non-hydrogen) atoms. The van der Waals surface area contributed by atoms with E-state index in [1.54, 1.807) is 13.0 Å². The summed E-state index contributed by atoms with van der Waals surface area (Å²) in [6, 6.07) is 7.09. The van der Waals surface area contributed by atoms with Gasteiger partial charge in [0.25, 0.3) is 5.91 Å². The van der Waals surface area contributed by atoms with Gasteiger partial charge in [0.2, 0.25) is 5.43 Å². The lowest BCUT2D eigenvalue weighted by atomic mass is 9.74. The van der Waals surface area contributed by atoms with Crippen LogP contribution in [0.25, 0.3) is 5.69 Å². The number of hydrogen-bond acceptors (Lipinski definition) is 4. The van der Waals surface area contributed by atoms with Crippen LogP contribution in [0.5, 0.6) is 0 Å². The van der Waals surface area contributed by atoms with E-state index in [0.717, 1.165) is 6.42 Å². The third kappa shape index (κ3) is 3.35. The molecule has 1 fully saturated rings. The minimum Gasteiger partial charge on any atom is -0.481 e. The van der Waals surface area contributed by atoms with E-state index in [4.69, 9.17) is 5.11 Å². The summed E-state index contributed by atoms with van der Waals surface area (Å²) in [5, 5.41) is 15.7. The van der Waals surface area contributed by atoms with Gasteiger partial charge in [-0.25, -0.2) is 9.07 Å². The molecule has 7 nitrogen and oxygen atoms in total. The van der Waals surface area contributed by atoms with Crippen molar-refractivity contribution in [3.05, 3.63) is 57.8 Å². The Balaban J connectivity index is 1.96. The van der Waals surface area contributed by atoms with E-state index in [-0.39, 0.29) is 12.1 Å². The zero-order valence-electron chi connectivity index (χ0n) is 14.2. The monoisotopic (exact) mass is 359 g/mol. The van der Waals surface area contributed by atoms with Gasteiger partial charge in [-0.05, 0) is 38.3 Å². The molecule has 0 unspecified atom stereocenters. The number of aromatic nitrogens is 2. The normalized spacial score (nSPS) is 15.2. The predicted octanol–water partition coefficient (Wildman–Crippen LogP) is 1.81. The van der Waals surface area contributed by atoms with Gasteiger partial charge < -0.3 is 10.4 Å². The summed E-state index contributed by atoms with van der Waals surface area (Å²) in [4.78, 5) is 35.8. The second-order valence-corrected chi connectivity index (χ2v) is 6.52. The molecule has 1 aliphatic rings. The summed E-state index contributed by atoms with van der Waals surface area (Å²) in [6.07, 6.45) is 1.64. The van der Waals surface area contributed by atoms with Crippen LogP contribution in [-0.4, -0.2) is 32.3 Å². The minimum atomic E-state index is -1.02. The van der Waals surface area contributed by atoms with Crippen molar-refractivity contribution in [1.82, 2.24) is 15.1 Å². The van der Waals surface area contributed by atoms with Gasteiger partial charge in [0.15, 0.2) is 5.69 Å². The van der Waals surface area contributed by atoms with Crippen molar-refractivity contribution in [1.29, 1.82) is 0 Å². The summed E-state index contributed by atoms with van der Waals surface area (Å²) in [6.45, 7) is 1.58. The maximum absolute atomic E-state index is 14.1. The maximum atomic E-state index is 14.1. The molecule has 1 amide bonds. The third-order valence-electron chi connectivity index (χ3n) is 4.58.